The lowest BCUT2D eigenvalue weighted by Gasteiger charge is -2.12. The highest BCUT2D eigenvalue weighted by Crippen LogP contribution is 2.27. The second-order valence-electron chi connectivity index (χ2n) is 7.26. The smallest absolute Gasteiger partial charge is 0.405 e. The minimum Gasteiger partial charge on any atom is -0.465 e. The van der Waals surface area contributed by atoms with Gasteiger partial charge in [0, 0.05) is 29.8 Å². The lowest BCUT2D eigenvalue weighted by Crippen LogP contribution is -2.24. The Morgan fingerprint density at radius 3 is 2.48 bits per heavy atom. The van der Waals surface area contributed by atoms with Crippen LogP contribution < -0.4 is 5.32 Å². The summed E-state index contributed by atoms with van der Waals surface area (Å²) in [4.78, 5) is 15.6. The molecule has 1 atom stereocenters. The first kappa shape index (κ1) is 20.5. The Kier molecular flexibility index (Phi) is 5.20. The predicted molar refractivity (Wildman–Crippen MR) is 117 cm³/mol. The number of sulfone groups is 1. The van der Waals surface area contributed by atoms with E-state index in [1.165, 1.54) is 6.26 Å². The average molecular weight is 436 g/mol. The van der Waals surface area contributed by atoms with E-state index in [0.717, 1.165) is 27.8 Å². The van der Waals surface area contributed by atoms with Crippen LogP contribution >= 0.6 is 0 Å². The molecule has 158 valence electrons. The van der Waals surface area contributed by atoms with E-state index in [-0.39, 0.29) is 10.9 Å². The number of nitrogens with zero attached hydrogens (tertiary/aromatic N) is 3. The molecule has 1 unspecified atom stereocenters. The fraction of sp³-hybridized carbons (Fsp3) is 0.136. The van der Waals surface area contributed by atoms with Gasteiger partial charge in [-0.15, -0.1) is 0 Å². The third kappa shape index (κ3) is 4.26. The van der Waals surface area contributed by atoms with Crippen molar-refractivity contribution in [2.24, 2.45) is 0 Å². The van der Waals surface area contributed by atoms with E-state index in [1.807, 2.05) is 36.5 Å². The van der Waals surface area contributed by atoms with Crippen molar-refractivity contribution < 1.29 is 18.3 Å². The molecule has 0 spiro atoms. The SMILES string of the molecule is CC(NC(=O)O)c1ccc(-c2cnc3c(-c4cccc(S(C)(=O)=O)c4)cnn3c2)cc1. The normalized spacial score (nSPS) is 12.6. The van der Waals surface area contributed by atoms with Gasteiger partial charge in [-0.2, -0.15) is 5.10 Å². The molecule has 0 aliphatic heterocycles. The van der Waals surface area contributed by atoms with Crippen LogP contribution in [0.4, 0.5) is 4.79 Å². The van der Waals surface area contributed by atoms with Crippen LogP contribution in [-0.2, 0) is 9.84 Å². The standard InChI is InChI=1S/C22H20N4O4S/c1-14(25-22(27)28)15-6-8-16(9-7-15)18-11-23-21-20(12-24-26(21)13-18)17-4-3-5-19(10-17)31(2,29)30/h3-14,25H,1-2H3,(H,27,28). The molecule has 1 amide bonds. The van der Waals surface area contributed by atoms with Crippen LogP contribution in [0, 0.1) is 0 Å². The first-order valence-corrected chi connectivity index (χ1v) is 11.4. The zero-order valence-electron chi connectivity index (χ0n) is 16.9. The number of rotatable bonds is 5. The maximum Gasteiger partial charge on any atom is 0.405 e. The van der Waals surface area contributed by atoms with Crippen molar-refractivity contribution >= 4 is 21.6 Å². The number of aromatic nitrogens is 3. The van der Waals surface area contributed by atoms with Crippen LogP contribution in [0.3, 0.4) is 0 Å². The summed E-state index contributed by atoms with van der Waals surface area (Å²) in [6.45, 7) is 1.78. The van der Waals surface area contributed by atoms with E-state index in [9.17, 15) is 13.2 Å². The quantitative estimate of drug-likeness (QED) is 0.492. The van der Waals surface area contributed by atoms with Crippen molar-refractivity contribution in [2.45, 2.75) is 17.9 Å². The van der Waals surface area contributed by atoms with E-state index in [2.05, 4.69) is 15.4 Å². The third-order valence-corrected chi connectivity index (χ3v) is 6.12. The molecular weight excluding hydrogens is 416 g/mol. The van der Waals surface area contributed by atoms with Crippen molar-refractivity contribution in [3.05, 3.63) is 72.7 Å². The van der Waals surface area contributed by atoms with Gasteiger partial charge in [0.1, 0.15) is 0 Å². The lowest BCUT2D eigenvalue weighted by atomic mass is 10.0. The molecule has 8 nitrogen and oxygen atoms in total. The largest absolute Gasteiger partial charge is 0.465 e. The highest BCUT2D eigenvalue weighted by molar-refractivity contribution is 7.90. The Morgan fingerprint density at radius 2 is 1.81 bits per heavy atom. The summed E-state index contributed by atoms with van der Waals surface area (Å²) in [5.41, 5.74) is 4.69. The van der Waals surface area contributed by atoms with Gasteiger partial charge in [0.2, 0.25) is 0 Å². The maximum atomic E-state index is 11.9. The summed E-state index contributed by atoms with van der Waals surface area (Å²) in [6.07, 6.45) is 5.35. The Balaban J connectivity index is 1.66. The molecular formula is C22H20N4O4S. The fourth-order valence-corrected chi connectivity index (χ4v) is 4.02. The van der Waals surface area contributed by atoms with Crippen molar-refractivity contribution in [1.29, 1.82) is 0 Å². The first-order chi connectivity index (χ1) is 14.7. The zero-order valence-corrected chi connectivity index (χ0v) is 17.7. The molecule has 4 rings (SSSR count). The molecule has 31 heavy (non-hydrogen) atoms. The average Bonchev–Trinajstić information content (AvgIpc) is 3.16. The Hall–Kier alpha value is -3.72. The Bertz CT molecular complexity index is 1380. The van der Waals surface area contributed by atoms with Crippen molar-refractivity contribution in [3.63, 3.8) is 0 Å². The second kappa shape index (κ2) is 7.84. The molecule has 0 bridgehead atoms. The number of carbonyl (C=O) groups is 1. The molecule has 9 heteroatoms. The number of amides is 1. The van der Waals surface area contributed by atoms with Gasteiger partial charge in [-0.25, -0.2) is 22.7 Å². The molecule has 0 radical (unpaired) electrons. The van der Waals surface area contributed by atoms with Gasteiger partial charge in [0.05, 0.1) is 17.1 Å². The molecule has 2 aromatic heterocycles. The highest BCUT2D eigenvalue weighted by Gasteiger charge is 2.13. The van der Waals surface area contributed by atoms with E-state index < -0.39 is 15.9 Å². The molecule has 0 saturated heterocycles. The molecule has 0 saturated carbocycles. The number of fused-ring (bicyclic) bond motifs is 1. The lowest BCUT2D eigenvalue weighted by molar-refractivity contribution is 0.191. The summed E-state index contributed by atoms with van der Waals surface area (Å²) >= 11 is 0. The Labute approximate surface area is 179 Å². The summed E-state index contributed by atoms with van der Waals surface area (Å²) in [5, 5.41) is 15.7. The molecule has 0 aliphatic carbocycles. The van der Waals surface area contributed by atoms with Crippen molar-refractivity contribution in [2.75, 3.05) is 6.26 Å². The number of benzene rings is 2. The molecule has 2 heterocycles. The molecule has 2 aromatic carbocycles. The summed E-state index contributed by atoms with van der Waals surface area (Å²) < 4.78 is 25.4. The molecule has 0 fully saturated rings. The monoisotopic (exact) mass is 436 g/mol. The molecule has 2 N–H and O–H groups in total. The number of carboxylic acid groups (broad SMARTS) is 1. The zero-order chi connectivity index (χ0) is 22.2. The van der Waals surface area contributed by atoms with Crippen LogP contribution in [0.25, 0.3) is 27.9 Å². The van der Waals surface area contributed by atoms with Gasteiger partial charge in [-0.05, 0) is 35.7 Å². The molecule has 0 aliphatic rings. The van der Waals surface area contributed by atoms with Crippen LogP contribution in [-0.4, -0.2) is 40.5 Å². The van der Waals surface area contributed by atoms with E-state index in [4.69, 9.17) is 5.11 Å². The van der Waals surface area contributed by atoms with Crippen molar-refractivity contribution in [1.82, 2.24) is 19.9 Å². The Morgan fingerprint density at radius 1 is 1.06 bits per heavy atom. The minimum absolute atomic E-state index is 0.243. The third-order valence-electron chi connectivity index (χ3n) is 5.01. The number of hydrogen-bond acceptors (Lipinski definition) is 5. The topological polar surface area (TPSA) is 114 Å². The minimum atomic E-state index is -3.31. The van der Waals surface area contributed by atoms with E-state index in [1.54, 1.807) is 42.0 Å². The summed E-state index contributed by atoms with van der Waals surface area (Å²) in [5.74, 6) is 0. The van der Waals surface area contributed by atoms with Gasteiger partial charge < -0.3 is 10.4 Å². The van der Waals surface area contributed by atoms with Gasteiger partial charge >= 0.3 is 6.09 Å². The van der Waals surface area contributed by atoms with E-state index in [0.29, 0.717) is 5.65 Å². The number of nitrogens with one attached hydrogen (secondary N) is 1. The van der Waals surface area contributed by atoms with E-state index >= 15 is 0 Å². The fourth-order valence-electron chi connectivity index (χ4n) is 3.35. The van der Waals surface area contributed by atoms with Gasteiger partial charge in [0.25, 0.3) is 0 Å². The van der Waals surface area contributed by atoms with Crippen molar-refractivity contribution in [3.8, 4) is 22.3 Å². The maximum absolute atomic E-state index is 11.9. The van der Waals surface area contributed by atoms with Gasteiger partial charge in [-0.1, -0.05) is 36.4 Å². The number of hydrogen-bond donors (Lipinski definition) is 2. The van der Waals surface area contributed by atoms with Crippen LogP contribution in [0.1, 0.15) is 18.5 Å². The molecule has 4 aromatic rings. The second-order valence-corrected chi connectivity index (χ2v) is 9.28. The van der Waals surface area contributed by atoms with Gasteiger partial charge in [-0.3, -0.25) is 0 Å². The van der Waals surface area contributed by atoms with Crippen LogP contribution in [0.15, 0.2) is 72.0 Å². The first-order valence-electron chi connectivity index (χ1n) is 9.46. The van der Waals surface area contributed by atoms with Crippen LogP contribution in [0.5, 0.6) is 0 Å². The van der Waals surface area contributed by atoms with Gasteiger partial charge in [0.15, 0.2) is 15.5 Å². The summed E-state index contributed by atoms with van der Waals surface area (Å²) in [7, 11) is -3.31. The highest BCUT2D eigenvalue weighted by atomic mass is 32.2. The summed E-state index contributed by atoms with van der Waals surface area (Å²) in [6, 6.07) is 13.9. The predicted octanol–water partition coefficient (Wildman–Crippen LogP) is 3.80. The van der Waals surface area contributed by atoms with Crippen LogP contribution in [0.2, 0.25) is 0 Å².